The van der Waals surface area contributed by atoms with Gasteiger partial charge in [-0.05, 0) is 37.5 Å². The molecule has 0 aliphatic carbocycles. The molecule has 1 N–H and O–H groups in total. The minimum atomic E-state index is -1.18. The van der Waals surface area contributed by atoms with Crippen molar-refractivity contribution < 1.29 is 33.4 Å². The van der Waals surface area contributed by atoms with Crippen molar-refractivity contribution in [3.05, 3.63) is 93.0 Å². The van der Waals surface area contributed by atoms with Crippen molar-refractivity contribution in [3.8, 4) is 0 Å². The van der Waals surface area contributed by atoms with Crippen LogP contribution in [-0.2, 0) is 38.5 Å². The van der Waals surface area contributed by atoms with E-state index in [1.165, 1.54) is 12.7 Å². The molecule has 0 fully saturated rings. The molecule has 1 unspecified atom stereocenters. The number of methoxy groups -OCH3 is 1. The van der Waals surface area contributed by atoms with Crippen LogP contribution in [0.15, 0.2) is 54.6 Å². The number of fused-ring (bicyclic) bond motifs is 2. The first kappa shape index (κ1) is 31.8. The lowest BCUT2D eigenvalue weighted by Gasteiger charge is -2.30. The van der Waals surface area contributed by atoms with Crippen molar-refractivity contribution in [2.75, 3.05) is 25.6 Å². The normalized spacial score (nSPS) is 13.5. The van der Waals surface area contributed by atoms with E-state index in [0.29, 0.717) is 35.0 Å². The predicted molar refractivity (Wildman–Crippen MR) is 170 cm³/mol. The smallest absolute Gasteiger partial charge is 0.348 e. The highest BCUT2D eigenvalue weighted by molar-refractivity contribution is 7.18. The molecule has 1 amide bonds. The van der Waals surface area contributed by atoms with Gasteiger partial charge in [0.05, 0.1) is 30.4 Å². The van der Waals surface area contributed by atoms with E-state index in [4.69, 9.17) is 19.2 Å². The Balaban J connectivity index is 1.43. The average molecular weight is 630 g/mol. The number of nitrogens with one attached hydrogen (secondary N) is 1. The van der Waals surface area contributed by atoms with E-state index in [-0.39, 0.29) is 28.5 Å². The minimum Gasteiger partial charge on any atom is -0.465 e. The second-order valence-electron chi connectivity index (χ2n) is 10.6. The van der Waals surface area contributed by atoms with Crippen molar-refractivity contribution in [1.29, 1.82) is 0 Å². The number of ether oxygens (including phenoxy) is 3. The molecule has 2 aromatic heterocycles. The molecule has 2 aromatic carbocycles. The third-order valence-electron chi connectivity index (χ3n) is 7.72. The molecule has 3 heterocycles. The van der Waals surface area contributed by atoms with Crippen LogP contribution < -0.4 is 5.32 Å². The fraction of sp³-hybridized carbons (Fsp3) is 0.324. The lowest BCUT2D eigenvalue weighted by Crippen LogP contribution is -2.35. The van der Waals surface area contributed by atoms with Gasteiger partial charge < -0.3 is 19.5 Å². The van der Waals surface area contributed by atoms with Gasteiger partial charge in [-0.3, -0.25) is 14.7 Å². The van der Waals surface area contributed by atoms with Crippen molar-refractivity contribution in [1.82, 2.24) is 9.88 Å². The maximum absolute atomic E-state index is 14.0. The Bertz CT molecular complexity index is 1750. The van der Waals surface area contributed by atoms with Gasteiger partial charge in [0.15, 0.2) is 6.10 Å². The molecule has 11 heteroatoms. The predicted octanol–water partition coefficient (Wildman–Crippen LogP) is 5.70. The minimum absolute atomic E-state index is 0.0489. The monoisotopic (exact) mass is 629 g/mol. The van der Waals surface area contributed by atoms with E-state index in [1.54, 1.807) is 20.8 Å². The zero-order chi connectivity index (χ0) is 32.1. The highest BCUT2D eigenvalue weighted by Gasteiger charge is 2.32. The highest BCUT2D eigenvalue weighted by Crippen LogP contribution is 2.35. The first-order chi connectivity index (χ1) is 21.7. The number of para-hydroxylation sites is 1. The van der Waals surface area contributed by atoms with Crippen LogP contribution in [0, 0.1) is 6.92 Å². The lowest BCUT2D eigenvalue weighted by atomic mass is 9.95. The summed E-state index contributed by atoms with van der Waals surface area (Å²) in [5.41, 5.74) is 4.26. The molecule has 0 radical (unpaired) electrons. The summed E-state index contributed by atoms with van der Waals surface area (Å²) < 4.78 is 15.9. The summed E-state index contributed by atoms with van der Waals surface area (Å²) >= 11 is 0.909. The molecule has 0 bridgehead atoms. The summed E-state index contributed by atoms with van der Waals surface area (Å²) in [4.78, 5) is 60.0. The Labute approximate surface area is 265 Å². The van der Waals surface area contributed by atoms with Crippen molar-refractivity contribution in [2.45, 2.75) is 52.8 Å². The van der Waals surface area contributed by atoms with E-state index in [9.17, 15) is 19.2 Å². The number of esters is 3. The Hall–Kier alpha value is -4.61. The van der Waals surface area contributed by atoms with Crippen LogP contribution in [0.5, 0.6) is 0 Å². The lowest BCUT2D eigenvalue weighted by molar-refractivity contribution is -0.124. The fourth-order valence-corrected chi connectivity index (χ4v) is 6.59. The highest BCUT2D eigenvalue weighted by atomic mass is 32.1. The zero-order valence-electron chi connectivity index (χ0n) is 25.7. The molecule has 5 rings (SSSR count). The van der Waals surface area contributed by atoms with Crippen LogP contribution in [0.4, 0.5) is 5.00 Å². The first-order valence-corrected chi connectivity index (χ1v) is 15.6. The quantitative estimate of drug-likeness (QED) is 0.174. The van der Waals surface area contributed by atoms with Crippen molar-refractivity contribution >= 4 is 51.1 Å². The summed E-state index contributed by atoms with van der Waals surface area (Å²) in [6.45, 7) is 7.15. The number of amides is 1. The average Bonchev–Trinajstić information content (AvgIpc) is 3.37. The summed E-state index contributed by atoms with van der Waals surface area (Å²) in [6.07, 6.45) is -0.337. The number of carbonyl (C=O) groups is 4. The molecule has 0 spiro atoms. The topological polar surface area (TPSA) is 124 Å². The van der Waals surface area contributed by atoms with Gasteiger partial charge in [-0.25, -0.2) is 14.4 Å². The molecule has 1 aliphatic rings. The Morgan fingerprint density at radius 3 is 2.42 bits per heavy atom. The van der Waals surface area contributed by atoms with Gasteiger partial charge in [0.2, 0.25) is 0 Å². The van der Waals surface area contributed by atoms with Crippen LogP contribution in [0.2, 0.25) is 0 Å². The molecule has 1 atom stereocenters. The number of rotatable bonds is 10. The first-order valence-electron chi connectivity index (χ1n) is 14.8. The van der Waals surface area contributed by atoms with Crippen LogP contribution >= 0.6 is 11.3 Å². The molecule has 0 saturated heterocycles. The number of benzene rings is 2. The SMILES string of the molecule is CCOC(=O)c1sc(NC(=O)C(CC)OC(=O)c2c3c(nc4ccccc24)CCN(Cc2ccccc2)C3)c(C(=O)OC)c1C. The van der Waals surface area contributed by atoms with E-state index >= 15 is 0 Å². The zero-order valence-corrected chi connectivity index (χ0v) is 26.5. The molecular weight excluding hydrogens is 594 g/mol. The van der Waals surface area contributed by atoms with Crippen LogP contribution in [0.1, 0.15) is 73.0 Å². The number of hydrogen-bond donors (Lipinski definition) is 1. The van der Waals surface area contributed by atoms with Gasteiger partial charge >= 0.3 is 17.9 Å². The summed E-state index contributed by atoms with van der Waals surface area (Å²) in [7, 11) is 1.21. The number of hydrogen-bond acceptors (Lipinski definition) is 10. The fourth-order valence-electron chi connectivity index (χ4n) is 5.50. The molecule has 45 heavy (non-hydrogen) atoms. The summed E-state index contributed by atoms with van der Waals surface area (Å²) in [5.74, 6) is -2.59. The summed E-state index contributed by atoms with van der Waals surface area (Å²) in [5, 5.41) is 3.47. The van der Waals surface area contributed by atoms with Gasteiger partial charge in [0, 0.05) is 42.7 Å². The Morgan fingerprint density at radius 1 is 0.978 bits per heavy atom. The maximum atomic E-state index is 14.0. The van der Waals surface area contributed by atoms with Crippen LogP contribution in [0.25, 0.3) is 10.9 Å². The number of aromatic nitrogens is 1. The Kier molecular flexibility index (Phi) is 9.90. The third-order valence-corrected chi connectivity index (χ3v) is 8.91. The van der Waals surface area contributed by atoms with Gasteiger partial charge in [-0.15, -0.1) is 11.3 Å². The maximum Gasteiger partial charge on any atom is 0.348 e. The second kappa shape index (κ2) is 14.0. The van der Waals surface area contributed by atoms with Crippen molar-refractivity contribution in [3.63, 3.8) is 0 Å². The van der Waals surface area contributed by atoms with Gasteiger partial charge in [-0.1, -0.05) is 55.5 Å². The second-order valence-corrected chi connectivity index (χ2v) is 11.7. The van der Waals surface area contributed by atoms with E-state index in [2.05, 4.69) is 22.3 Å². The van der Waals surface area contributed by atoms with E-state index in [0.717, 1.165) is 35.7 Å². The number of anilines is 1. The van der Waals surface area contributed by atoms with Gasteiger partial charge in [0.25, 0.3) is 5.91 Å². The van der Waals surface area contributed by atoms with Crippen LogP contribution in [-0.4, -0.2) is 60.1 Å². The number of nitrogens with zero attached hydrogens (tertiary/aromatic N) is 2. The molecule has 234 valence electrons. The standard InChI is InChI=1S/C34H35N3O7S/c1-5-26(30(38)36-31-27(32(39)42-4)20(3)29(45-31)34(41)43-6-2)44-33(40)28-22-14-10-11-15-24(22)35-25-16-17-37(19-23(25)28)18-21-12-8-7-9-13-21/h7-15,26H,5-6,16-19H2,1-4H3,(H,36,38). The van der Waals surface area contributed by atoms with Gasteiger partial charge in [-0.2, -0.15) is 0 Å². The Morgan fingerprint density at radius 2 is 1.71 bits per heavy atom. The third kappa shape index (κ3) is 6.74. The molecule has 1 aliphatic heterocycles. The molecule has 4 aromatic rings. The molecule has 0 saturated carbocycles. The number of thiophene rings is 1. The number of carbonyl (C=O) groups excluding carboxylic acids is 4. The van der Waals surface area contributed by atoms with E-state index < -0.39 is 29.9 Å². The molecular formula is C34H35N3O7S. The number of pyridine rings is 1. The van der Waals surface area contributed by atoms with Crippen LogP contribution in [0.3, 0.4) is 0 Å². The van der Waals surface area contributed by atoms with E-state index in [1.807, 2.05) is 42.5 Å². The summed E-state index contributed by atoms with van der Waals surface area (Å²) in [6, 6.07) is 17.6. The molecule has 10 nitrogen and oxygen atoms in total. The van der Waals surface area contributed by atoms with Crippen molar-refractivity contribution in [2.24, 2.45) is 0 Å². The largest absolute Gasteiger partial charge is 0.465 e. The van der Waals surface area contributed by atoms with Gasteiger partial charge in [0.1, 0.15) is 9.88 Å².